The Bertz CT molecular complexity index is 402. The first-order chi connectivity index (χ1) is 7.64. The van der Waals surface area contributed by atoms with E-state index in [9.17, 15) is 5.11 Å². The smallest absolute Gasteiger partial charge is 0.123 e. The molecule has 1 rings (SSSR count). The normalized spacial score (nSPS) is 14.1. The molecule has 96 valence electrons. The van der Waals surface area contributed by atoms with Crippen LogP contribution in [-0.2, 0) is 5.41 Å². The molecule has 0 saturated carbocycles. The van der Waals surface area contributed by atoms with Crippen molar-refractivity contribution in [1.29, 1.82) is 0 Å². The molecule has 1 unspecified atom stereocenters. The van der Waals surface area contributed by atoms with Crippen LogP contribution in [0.5, 0.6) is 5.75 Å². The van der Waals surface area contributed by atoms with Crippen LogP contribution in [0.1, 0.15) is 57.4 Å². The maximum Gasteiger partial charge on any atom is 0.123 e. The fourth-order valence-corrected chi connectivity index (χ4v) is 1.85. The summed E-state index contributed by atoms with van der Waals surface area (Å²) in [5.41, 5.74) is 9.23. The van der Waals surface area contributed by atoms with Crippen molar-refractivity contribution < 1.29 is 5.11 Å². The first kappa shape index (κ1) is 14.0. The highest BCUT2D eigenvalue weighted by Crippen LogP contribution is 2.35. The minimum absolute atomic E-state index is 0.0733. The zero-order valence-electron chi connectivity index (χ0n) is 11.8. The lowest BCUT2D eigenvalue weighted by atomic mass is 9.83. The number of benzene rings is 1. The van der Waals surface area contributed by atoms with E-state index in [0.29, 0.717) is 11.7 Å². The van der Waals surface area contributed by atoms with E-state index >= 15 is 0 Å². The molecule has 0 aliphatic heterocycles. The first-order valence-electron chi connectivity index (χ1n) is 6.24. The monoisotopic (exact) mass is 235 g/mol. The molecule has 17 heavy (non-hydrogen) atoms. The van der Waals surface area contributed by atoms with Crippen molar-refractivity contribution in [2.24, 2.45) is 11.7 Å². The summed E-state index contributed by atoms with van der Waals surface area (Å²) in [4.78, 5) is 0. The fraction of sp³-hybridized carbons (Fsp3) is 0.600. The average molecular weight is 235 g/mol. The number of nitrogens with two attached hydrogens (primary N) is 1. The zero-order valence-corrected chi connectivity index (χ0v) is 11.8. The second-order valence-corrected chi connectivity index (χ2v) is 6.25. The quantitative estimate of drug-likeness (QED) is 0.822. The molecule has 0 aromatic heterocycles. The van der Waals surface area contributed by atoms with Gasteiger partial charge in [0.05, 0.1) is 0 Å². The van der Waals surface area contributed by atoms with Crippen LogP contribution in [-0.4, -0.2) is 5.11 Å². The first-order valence-corrected chi connectivity index (χ1v) is 6.24. The van der Waals surface area contributed by atoms with Crippen LogP contribution in [0.25, 0.3) is 0 Å². The molecule has 2 heteroatoms. The van der Waals surface area contributed by atoms with E-state index in [1.807, 2.05) is 19.1 Å². The van der Waals surface area contributed by atoms with E-state index in [4.69, 9.17) is 5.73 Å². The highest BCUT2D eigenvalue weighted by molar-refractivity contribution is 5.46. The molecule has 1 atom stereocenters. The van der Waals surface area contributed by atoms with Gasteiger partial charge in [-0.1, -0.05) is 40.7 Å². The van der Waals surface area contributed by atoms with Gasteiger partial charge in [0.2, 0.25) is 0 Å². The maximum absolute atomic E-state index is 10.1. The van der Waals surface area contributed by atoms with Crippen LogP contribution in [0.2, 0.25) is 0 Å². The van der Waals surface area contributed by atoms with Crippen molar-refractivity contribution in [3.05, 3.63) is 28.8 Å². The number of aryl methyl sites for hydroxylation is 1. The number of aromatic hydroxyl groups is 1. The van der Waals surface area contributed by atoms with Crippen molar-refractivity contribution in [2.75, 3.05) is 0 Å². The topological polar surface area (TPSA) is 46.2 Å². The molecule has 0 fully saturated rings. The maximum atomic E-state index is 10.1. The van der Waals surface area contributed by atoms with Crippen LogP contribution >= 0.6 is 0 Å². The second kappa shape index (κ2) is 4.69. The minimum Gasteiger partial charge on any atom is -0.507 e. The standard InChI is InChI=1S/C15H25NO/c1-9(2)13(16)12-8-11(15(4,5)6)7-10(3)14(12)17/h7-9,13,17H,16H2,1-6H3. The fourth-order valence-electron chi connectivity index (χ4n) is 1.85. The lowest BCUT2D eigenvalue weighted by Gasteiger charge is -2.25. The lowest BCUT2D eigenvalue weighted by Crippen LogP contribution is -2.19. The molecule has 1 aromatic rings. The third-order valence-corrected chi connectivity index (χ3v) is 3.27. The molecule has 2 nitrogen and oxygen atoms in total. The number of hydrogen-bond acceptors (Lipinski definition) is 2. The summed E-state index contributed by atoms with van der Waals surface area (Å²) in [6, 6.07) is 3.98. The summed E-state index contributed by atoms with van der Waals surface area (Å²) in [6.07, 6.45) is 0. The van der Waals surface area contributed by atoms with Gasteiger partial charge in [0, 0.05) is 11.6 Å². The Morgan fingerprint density at radius 2 is 1.71 bits per heavy atom. The van der Waals surface area contributed by atoms with Gasteiger partial charge < -0.3 is 10.8 Å². The van der Waals surface area contributed by atoms with E-state index in [2.05, 4.69) is 34.6 Å². The van der Waals surface area contributed by atoms with Crippen LogP contribution < -0.4 is 5.73 Å². The molecular formula is C15H25NO. The molecule has 0 radical (unpaired) electrons. The van der Waals surface area contributed by atoms with Crippen LogP contribution in [0, 0.1) is 12.8 Å². The van der Waals surface area contributed by atoms with E-state index in [0.717, 1.165) is 11.1 Å². The molecule has 0 heterocycles. The van der Waals surface area contributed by atoms with Gasteiger partial charge in [-0.3, -0.25) is 0 Å². The summed E-state index contributed by atoms with van der Waals surface area (Å²) < 4.78 is 0. The summed E-state index contributed by atoms with van der Waals surface area (Å²) >= 11 is 0. The van der Waals surface area contributed by atoms with Gasteiger partial charge in [-0.05, 0) is 35.4 Å². The Kier molecular flexibility index (Phi) is 3.88. The third kappa shape index (κ3) is 3.01. The number of hydrogen-bond donors (Lipinski definition) is 2. The van der Waals surface area contributed by atoms with Crippen molar-refractivity contribution >= 4 is 0 Å². The van der Waals surface area contributed by atoms with Crippen molar-refractivity contribution in [3.8, 4) is 5.75 Å². The van der Waals surface area contributed by atoms with Gasteiger partial charge in [-0.15, -0.1) is 0 Å². The van der Waals surface area contributed by atoms with Crippen LogP contribution in [0.3, 0.4) is 0 Å². The van der Waals surface area contributed by atoms with Gasteiger partial charge >= 0.3 is 0 Å². The van der Waals surface area contributed by atoms with Gasteiger partial charge in [-0.2, -0.15) is 0 Å². The minimum atomic E-state index is -0.115. The van der Waals surface area contributed by atoms with Gasteiger partial charge in [-0.25, -0.2) is 0 Å². The number of rotatable bonds is 2. The van der Waals surface area contributed by atoms with E-state index in [1.54, 1.807) is 0 Å². The molecule has 1 aromatic carbocycles. The van der Waals surface area contributed by atoms with Crippen LogP contribution in [0.4, 0.5) is 0 Å². The third-order valence-electron chi connectivity index (χ3n) is 3.27. The second-order valence-electron chi connectivity index (χ2n) is 6.25. The van der Waals surface area contributed by atoms with E-state index in [1.165, 1.54) is 5.56 Å². The Morgan fingerprint density at radius 1 is 1.18 bits per heavy atom. The predicted octanol–water partition coefficient (Wildman–Crippen LogP) is 3.65. The molecule has 0 aliphatic carbocycles. The summed E-state index contributed by atoms with van der Waals surface area (Å²) in [6.45, 7) is 12.6. The zero-order chi connectivity index (χ0) is 13.4. The van der Waals surface area contributed by atoms with Gasteiger partial charge in [0.15, 0.2) is 0 Å². The Balaban J connectivity index is 3.35. The summed E-state index contributed by atoms with van der Waals surface area (Å²) in [5.74, 6) is 0.662. The lowest BCUT2D eigenvalue weighted by molar-refractivity contribution is 0.434. The van der Waals surface area contributed by atoms with Crippen molar-refractivity contribution in [1.82, 2.24) is 0 Å². The Labute approximate surface area is 105 Å². The van der Waals surface area contributed by atoms with Gasteiger partial charge in [0.25, 0.3) is 0 Å². The number of phenolic OH excluding ortho intramolecular Hbond substituents is 1. The molecule has 0 aliphatic rings. The summed E-state index contributed by atoms with van der Waals surface area (Å²) in [7, 11) is 0. The molecule has 0 amide bonds. The highest BCUT2D eigenvalue weighted by Gasteiger charge is 2.21. The van der Waals surface area contributed by atoms with E-state index in [-0.39, 0.29) is 11.5 Å². The van der Waals surface area contributed by atoms with Gasteiger partial charge in [0.1, 0.15) is 5.75 Å². The van der Waals surface area contributed by atoms with Crippen molar-refractivity contribution in [2.45, 2.75) is 53.0 Å². The molecule has 0 spiro atoms. The molecule has 0 saturated heterocycles. The molecule has 0 bridgehead atoms. The predicted molar refractivity (Wildman–Crippen MR) is 73.3 cm³/mol. The Hall–Kier alpha value is -1.02. The SMILES string of the molecule is Cc1cc(C(C)(C)C)cc(C(N)C(C)C)c1O. The average Bonchev–Trinajstić information content (AvgIpc) is 2.19. The highest BCUT2D eigenvalue weighted by atomic mass is 16.3. The van der Waals surface area contributed by atoms with Crippen molar-refractivity contribution in [3.63, 3.8) is 0 Å². The molecule has 3 N–H and O–H groups in total. The number of phenols is 1. The van der Waals surface area contributed by atoms with Crippen LogP contribution in [0.15, 0.2) is 12.1 Å². The summed E-state index contributed by atoms with van der Waals surface area (Å²) in [5, 5.41) is 10.1. The largest absolute Gasteiger partial charge is 0.507 e. The van der Waals surface area contributed by atoms with E-state index < -0.39 is 0 Å². The molecular weight excluding hydrogens is 210 g/mol. The Morgan fingerprint density at radius 3 is 2.12 bits per heavy atom.